The van der Waals surface area contributed by atoms with Crippen molar-refractivity contribution in [3.8, 4) is 5.69 Å². The zero-order valence-electron chi connectivity index (χ0n) is 10.8. The van der Waals surface area contributed by atoms with Crippen molar-refractivity contribution in [2.45, 2.75) is 6.54 Å². The Morgan fingerprint density at radius 2 is 1.80 bits per heavy atom. The molecule has 0 bridgehead atoms. The molecule has 0 saturated carbocycles. The summed E-state index contributed by atoms with van der Waals surface area (Å²) in [4.78, 5) is 11.4. The molecule has 1 aliphatic rings. The molecule has 1 saturated heterocycles. The molecule has 2 aromatic heterocycles. The fourth-order valence-electron chi connectivity index (χ4n) is 2.02. The van der Waals surface area contributed by atoms with Gasteiger partial charge in [-0.3, -0.25) is 4.90 Å². The first-order chi connectivity index (χ1) is 9.62. The topological polar surface area (TPSA) is 93.9 Å². The largest absolute Gasteiger partial charge is 0.295 e. The van der Waals surface area contributed by atoms with Crippen LogP contribution in [0, 0.1) is 0 Å². The maximum absolute atomic E-state index is 11.4. The van der Waals surface area contributed by atoms with E-state index in [0.29, 0.717) is 25.3 Å². The minimum Gasteiger partial charge on any atom is -0.295 e. The number of rotatable bonds is 3. The van der Waals surface area contributed by atoms with Crippen molar-refractivity contribution in [2.75, 3.05) is 24.6 Å². The molecule has 0 N–H and O–H groups in total. The molecule has 0 aliphatic carbocycles. The maximum atomic E-state index is 11.4. The molecule has 0 radical (unpaired) electrons. The highest BCUT2D eigenvalue weighted by Gasteiger charge is 2.22. The standard InChI is InChI=1S/C11H14N6O2S/c18-20(19)3-1-16(2-4-20)8-10-5-14-17(15-10)11-6-12-9-13-7-11/h5-7,9H,1-4,8H2. The van der Waals surface area contributed by atoms with Gasteiger partial charge in [0.25, 0.3) is 0 Å². The van der Waals surface area contributed by atoms with Crippen LogP contribution in [0.15, 0.2) is 24.9 Å². The van der Waals surface area contributed by atoms with Gasteiger partial charge in [-0.2, -0.15) is 10.2 Å². The molecule has 0 unspecified atom stereocenters. The van der Waals surface area contributed by atoms with Gasteiger partial charge < -0.3 is 0 Å². The second-order valence-electron chi connectivity index (χ2n) is 4.65. The Balaban J connectivity index is 1.66. The second-order valence-corrected chi connectivity index (χ2v) is 6.95. The van der Waals surface area contributed by atoms with Crippen molar-refractivity contribution in [1.82, 2.24) is 29.9 Å². The van der Waals surface area contributed by atoms with Gasteiger partial charge in [0.05, 0.1) is 35.8 Å². The van der Waals surface area contributed by atoms with Crippen molar-refractivity contribution in [2.24, 2.45) is 0 Å². The molecule has 106 valence electrons. The van der Waals surface area contributed by atoms with Crippen LogP contribution in [0.3, 0.4) is 0 Å². The average molecular weight is 294 g/mol. The van der Waals surface area contributed by atoms with Crippen LogP contribution in [0.5, 0.6) is 0 Å². The number of aromatic nitrogens is 5. The Kier molecular flexibility index (Phi) is 3.45. The number of hydrogen-bond donors (Lipinski definition) is 0. The SMILES string of the molecule is O=S1(=O)CCN(Cc2cnn(-c3cncnc3)n2)CC1. The molecule has 0 aromatic carbocycles. The molecular formula is C11H14N6O2S. The lowest BCUT2D eigenvalue weighted by Gasteiger charge is -2.25. The predicted molar refractivity (Wildman–Crippen MR) is 70.9 cm³/mol. The predicted octanol–water partition coefficient (Wildman–Crippen LogP) is -0.712. The van der Waals surface area contributed by atoms with E-state index in [2.05, 4.69) is 25.1 Å². The summed E-state index contributed by atoms with van der Waals surface area (Å²) in [7, 11) is -2.85. The van der Waals surface area contributed by atoms with Crippen LogP contribution >= 0.6 is 0 Å². The average Bonchev–Trinajstić information content (AvgIpc) is 2.91. The fourth-order valence-corrected chi connectivity index (χ4v) is 3.30. The van der Waals surface area contributed by atoms with Gasteiger partial charge >= 0.3 is 0 Å². The molecule has 1 aliphatic heterocycles. The monoisotopic (exact) mass is 294 g/mol. The third-order valence-corrected chi connectivity index (χ3v) is 4.75. The number of hydrogen-bond acceptors (Lipinski definition) is 7. The summed E-state index contributed by atoms with van der Waals surface area (Å²) in [6.45, 7) is 1.69. The zero-order chi connectivity index (χ0) is 14.0. The molecule has 8 nitrogen and oxygen atoms in total. The highest BCUT2D eigenvalue weighted by molar-refractivity contribution is 7.91. The van der Waals surface area contributed by atoms with Gasteiger partial charge in [0.1, 0.15) is 12.0 Å². The van der Waals surface area contributed by atoms with Crippen molar-refractivity contribution >= 4 is 9.84 Å². The van der Waals surface area contributed by atoms with E-state index in [1.807, 2.05) is 0 Å². The normalized spacial score (nSPS) is 19.0. The Morgan fingerprint density at radius 1 is 1.10 bits per heavy atom. The minimum atomic E-state index is -2.85. The Hall–Kier alpha value is -1.87. The summed E-state index contributed by atoms with van der Waals surface area (Å²) in [5.74, 6) is 0.432. The van der Waals surface area contributed by atoms with Gasteiger partial charge in [-0.05, 0) is 0 Å². The van der Waals surface area contributed by atoms with Crippen LogP contribution in [0.2, 0.25) is 0 Å². The summed E-state index contributed by atoms with van der Waals surface area (Å²) in [5.41, 5.74) is 1.49. The van der Waals surface area contributed by atoms with Crippen LogP contribution in [-0.2, 0) is 16.4 Å². The van der Waals surface area contributed by atoms with E-state index < -0.39 is 9.84 Å². The summed E-state index contributed by atoms with van der Waals surface area (Å²) in [6.07, 6.45) is 6.38. The molecule has 0 spiro atoms. The molecule has 3 heterocycles. The van der Waals surface area contributed by atoms with Gasteiger partial charge in [0, 0.05) is 19.6 Å². The molecule has 20 heavy (non-hydrogen) atoms. The molecule has 1 fully saturated rings. The third kappa shape index (κ3) is 2.99. The molecule has 0 amide bonds. The van der Waals surface area contributed by atoms with Crippen molar-refractivity contribution in [3.63, 3.8) is 0 Å². The first-order valence-corrected chi connectivity index (χ1v) is 8.04. The van der Waals surface area contributed by atoms with Crippen molar-refractivity contribution in [1.29, 1.82) is 0 Å². The van der Waals surface area contributed by atoms with E-state index in [0.717, 1.165) is 5.69 Å². The molecule has 2 aromatic rings. The zero-order valence-corrected chi connectivity index (χ0v) is 11.6. The highest BCUT2D eigenvalue weighted by Crippen LogP contribution is 2.08. The van der Waals surface area contributed by atoms with Crippen molar-refractivity contribution in [3.05, 3.63) is 30.6 Å². The number of sulfone groups is 1. The fraction of sp³-hybridized carbons (Fsp3) is 0.455. The van der Waals surface area contributed by atoms with Gasteiger partial charge in [-0.25, -0.2) is 18.4 Å². The smallest absolute Gasteiger partial charge is 0.152 e. The quantitative estimate of drug-likeness (QED) is 0.738. The van der Waals surface area contributed by atoms with E-state index in [1.165, 1.54) is 11.1 Å². The molecule has 9 heteroatoms. The van der Waals surface area contributed by atoms with Gasteiger partial charge in [0.2, 0.25) is 0 Å². The molecular weight excluding hydrogens is 280 g/mol. The number of nitrogens with zero attached hydrogens (tertiary/aromatic N) is 6. The van der Waals surface area contributed by atoms with Crippen LogP contribution < -0.4 is 0 Å². The third-order valence-electron chi connectivity index (χ3n) is 3.14. The van der Waals surface area contributed by atoms with Gasteiger partial charge in [-0.15, -0.1) is 4.80 Å². The lowest BCUT2D eigenvalue weighted by molar-refractivity contribution is 0.284. The summed E-state index contributed by atoms with van der Waals surface area (Å²) < 4.78 is 22.7. The lowest BCUT2D eigenvalue weighted by atomic mass is 10.4. The van der Waals surface area contributed by atoms with Crippen LogP contribution in [-0.4, -0.2) is 62.9 Å². The lowest BCUT2D eigenvalue weighted by Crippen LogP contribution is -2.39. The van der Waals surface area contributed by atoms with Crippen LogP contribution in [0.4, 0.5) is 0 Å². The Bertz CT molecular complexity index is 670. The molecule has 0 atom stereocenters. The summed E-state index contributed by atoms with van der Waals surface area (Å²) in [5, 5.41) is 8.51. The Morgan fingerprint density at radius 3 is 2.50 bits per heavy atom. The summed E-state index contributed by atoms with van der Waals surface area (Å²) in [6, 6.07) is 0. The van der Waals surface area contributed by atoms with Crippen molar-refractivity contribution < 1.29 is 8.42 Å². The van der Waals surface area contributed by atoms with E-state index in [1.54, 1.807) is 18.6 Å². The first kappa shape index (κ1) is 13.1. The first-order valence-electron chi connectivity index (χ1n) is 6.22. The summed E-state index contributed by atoms with van der Waals surface area (Å²) >= 11 is 0. The maximum Gasteiger partial charge on any atom is 0.152 e. The molecule has 3 rings (SSSR count). The van der Waals surface area contributed by atoms with Crippen LogP contribution in [0.25, 0.3) is 5.69 Å². The van der Waals surface area contributed by atoms with Gasteiger partial charge in [0.15, 0.2) is 9.84 Å². The van der Waals surface area contributed by atoms with E-state index >= 15 is 0 Å². The van der Waals surface area contributed by atoms with Gasteiger partial charge in [-0.1, -0.05) is 0 Å². The van der Waals surface area contributed by atoms with E-state index in [9.17, 15) is 8.42 Å². The van der Waals surface area contributed by atoms with E-state index in [4.69, 9.17) is 0 Å². The highest BCUT2D eigenvalue weighted by atomic mass is 32.2. The second kappa shape index (κ2) is 5.25. The van der Waals surface area contributed by atoms with E-state index in [-0.39, 0.29) is 11.5 Å². The van der Waals surface area contributed by atoms with Crippen LogP contribution in [0.1, 0.15) is 5.69 Å². The minimum absolute atomic E-state index is 0.216. The Labute approximate surface area is 116 Å².